The molecule has 0 amide bonds. The topological polar surface area (TPSA) is 67.3 Å². The summed E-state index contributed by atoms with van der Waals surface area (Å²) in [4.78, 5) is 27.2. The number of aliphatic carboxylic acids is 1. The number of carboxylic acid groups (broad SMARTS) is 1. The van der Waals surface area contributed by atoms with Crippen LogP contribution in [0.2, 0.25) is 0 Å². The molecule has 18 heavy (non-hydrogen) atoms. The second-order valence-electron chi connectivity index (χ2n) is 4.96. The Kier molecular flexibility index (Phi) is 4.59. The van der Waals surface area contributed by atoms with Gasteiger partial charge < -0.3 is 5.11 Å². The van der Waals surface area contributed by atoms with Crippen LogP contribution in [0.3, 0.4) is 0 Å². The SMILES string of the molecule is CCc1ncccc1C(=O)CCC(C)(C)C(=O)O. The van der Waals surface area contributed by atoms with Gasteiger partial charge in [-0.15, -0.1) is 0 Å². The average Bonchev–Trinajstić information content (AvgIpc) is 2.35. The highest BCUT2D eigenvalue weighted by molar-refractivity contribution is 5.97. The first-order valence-corrected chi connectivity index (χ1v) is 6.09. The Bertz CT molecular complexity index is 452. The fourth-order valence-electron chi connectivity index (χ4n) is 1.64. The Morgan fingerprint density at radius 3 is 2.61 bits per heavy atom. The molecule has 0 aromatic carbocycles. The van der Waals surface area contributed by atoms with E-state index in [0.717, 1.165) is 5.69 Å². The summed E-state index contributed by atoms with van der Waals surface area (Å²) >= 11 is 0. The van der Waals surface area contributed by atoms with E-state index < -0.39 is 11.4 Å². The predicted molar refractivity (Wildman–Crippen MR) is 68.6 cm³/mol. The predicted octanol–water partition coefficient (Wildman–Crippen LogP) is 2.72. The summed E-state index contributed by atoms with van der Waals surface area (Å²) in [5, 5.41) is 9.00. The average molecular weight is 249 g/mol. The number of aromatic nitrogens is 1. The van der Waals surface area contributed by atoms with Crippen molar-refractivity contribution in [2.24, 2.45) is 5.41 Å². The lowest BCUT2D eigenvalue weighted by molar-refractivity contribution is -0.147. The maximum atomic E-state index is 12.1. The lowest BCUT2D eigenvalue weighted by atomic mass is 9.86. The van der Waals surface area contributed by atoms with Crippen LogP contribution in [-0.4, -0.2) is 21.8 Å². The first-order valence-electron chi connectivity index (χ1n) is 6.09. The van der Waals surface area contributed by atoms with Gasteiger partial charge in [-0.05, 0) is 38.8 Å². The number of ketones is 1. The molecule has 0 fully saturated rings. The molecule has 1 N–H and O–H groups in total. The van der Waals surface area contributed by atoms with E-state index in [9.17, 15) is 9.59 Å². The lowest BCUT2D eigenvalue weighted by Crippen LogP contribution is -2.24. The van der Waals surface area contributed by atoms with Crippen LogP contribution in [0.25, 0.3) is 0 Å². The van der Waals surface area contributed by atoms with Crippen LogP contribution in [-0.2, 0) is 11.2 Å². The Morgan fingerprint density at radius 1 is 1.39 bits per heavy atom. The fourth-order valence-corrected chi connectivity index (χ4v) is 1.64. The molecule has 1 aromatic rings. The molecule has 0 radical (unpaired) electrons. The quantitative estimate of drug-likeness (QED) is 0.787. The molecule has 0 atom stereocenters. The van der Waals surface area contributed by atoms with Gasteiger partial charge in [-0.2, -0.15) is 0 Å². The molecule has 0 aliphatic carbocycles. The minimum absolute atomic E-state index is 0.0331. The molecule has 0 spiro atoms. The zero-order chi connectivity index (χ0) is 13.8. The van der Waals surface area contributed by atoms with E-state index >= 15 is 0 Å². The molecule has 1 rings (SSSR count). The molecule has 1 heterocycles. The molecule has 98 valence electrons. The van der Waals surface area contributed by atoms with E-state index in [2.05, 4.69) is 4.98 Å². The minimum Gasteiger partial charge on any atom is -0.481 e. The first kappa shape index (κ1) is 14.4. The number of rotatable bonds is 6. The molecule has 0 unspecified atom stereocenters. The van der Waals surface area contributed by atoms with Gasteiger partial charge in [0.05, 0.1) is 11.1 Å². The monoisotopic (exact) mass is 249 g/mol. The molecule has 0 saturated heterocycles. The zero-order valence-electron chi connectivity index (χ0n) is 11.1. The molecular formula is C14H19NO3. The van der Waals surface area contributed by atoms with E-state index in [4.69, 9.17) is 5.11 Å². The molecule has 0 aliphatic heterocycles. The van der Waals surface area contributed by atoms with Crippen molar-refractivity contribution in [3.8, 4) is 0 Å². The number of carbonyl (C=O) groups excluding carboxylic acids is 1. The number of pyridine rings is 1. The van der Waals surface area contributed by atoms with Crippen LogP contribution < -0.4 is 0 Å². The van der Waals surface area contributed by atoms with Gasteiger partial charge in [-0.3, -0.25) is 14.6 Å². The molecular weight excluding hydrogens is 230 g/mol. The number of hydrogen-bond donors (Lipinski definition) is 1. The zero-order valence-corrected chi connectivity index (χ0v) is 11.1. The maximum Gasteiger partial charge on any atom is 0.309 e. The summed E-state index contributed by atoms with van der Waals surface area (Å²) in [6.07, 6.45) is 2.93. The number of nitrogens with zero attached hydrogens (tertiary/aromatic N) is 1. The van der Waals surface area contributed by atoms with Crippen molar-refractivity contribution in [1.82, 2.24) is 4.98 Å². The van der Waals surface area contributed by atoms with Crippen molar-refractivity contribution >= 4 is 11.8 Å². The van der Waals surface area contributed by atoms with Crippen molar-refractivity contribution < 1.29 is 14.7 Å². The number of carbonyl (C=O) groups is 2. The Hall–Kier alpha value is -1.71. The lowest BCUT2D eigenvalue weighted by Gasteiger charge is -2.18. The highest BCUT2D eigenvalue weighted by atomic mass is 16.4. The highest BCUT2D eigenvalue weighted by Gasteiger charge is 2.28. The van der Waals surface area contributed by atoms with Gasteiger partial charge in [-0.1, -0.05) is 6.92 Å². The van der Waals surface area contributed by atoms with Gasteiger partial charge in [0.25, 0.3) is 0 Å². The van der Waals surface area contributed by atoms with Crippen LogP contribution in [0.5, 0.6) is 0 Å². The summed E-state index contributed by atoms with van der Waals surface area (Å²) in [5.74, 6) is -0.911. The molecule has 0 bridgehead atoms. The number of carboxylic acids is 1. The first-order chi connectivity index (χ1) is 8.38. The summed E-state index contributed by atoms with van der Waals surface area (Å²) in [5.41, 5.74) is 0.515. The number of Topliss-reactive ketones (excluding diaryl/α,β-unsaturated/α-hetero) is 1. The summed E-state index contributed by atoms with van der Waals surface area (Å²) < 4.78 is 0. The van der Waals surface area contributed by atoms with Crippen LogP contribution in [0, 0.1) is 5.41 Å². The number of aryl methyl sites for hydroxylation is 1. The third-order valence-corrected chi connectivity index (χ3v) is 3.08. The standard InChI is InChI=1S/C14H19NO3/c1-4-11-10(6-5-9-15-11)12(16)7-8-14(2,3)13(17)18/h5-6,9H,4,7-8H2,1-3H3,(H,17,18). The minimum atomic E-state index is -0.878. The van der Waals surface area contributed by atoms with Crippen LogP contribution >= 0.6 is 0 Å². The van der Waals surface area contributed by atoms with Gasteiger partial charge >= 0.3 is 5.97 Å². The van der Waals surface area contributed by atoms with Crippen molar-refractivity contribution in [1.29, 1.82) is 0 Å². The highest BCUT2D eigenvalue weighted by Crippen LogP contribution is 2.24. The third-order valence-electron chi connectivity index (χ3n) is 3.08. The van der Waals surface area contributed by atoms with Gasteiger partial charge in [-0.25, -0.2) is 0 Å². The normalized spacial score (nSPS) is 11.3. The smallest absolute Gasteiger partial charge is 0.309 e. The largest absolute Gasteiger partial charge is 0.481 e. The molecule has 4 heteroatoms. The van der Waals surface area contributed by atoms with Gasteiger partial charge in [0, 0.05) is 18.2 Å². The number of hydrogen-bond acceptors (Lipinski definition) is 3. The molecule has 4 nitrogen and oxygen atoms in total. The fraction of sp³-hybridized carbons (Fsp3) is 0.500. The van der Waals surface area contributed by atoms with Crippen molar-refractivity contribution in [3.63, 3.8) is 0 Å². The van der Waals surface area contributed by atoms with Gasteiger partial charge in [0.1, 0.15) is 0 Å². The van der Waals surface area contributed by atoms with Crippen molar-refractivity contribution in [2.45, 2.75) is 40.0 Å². The van der Waals surface area contributed by atoms with E-state index in [1.165, 1.54) is 0 Å². The summed E-state index contributed by atoms with van der Waals surface area (Å²) in [7, 11) is 0. The summed E-state index contributed by atoms with van der Waals surface area (Å²) in [6.45, 7) is 5.21. The Morgan fingerprint density at radius 2 is 2.06 bits per heavy atom. The second kappa shape index (κ2) is 5.76. The van der Waals surface area contributed by atoms with Crippen LogP contribution in [0.1, 0.15) is 49.7 Å². The van der Waals surface area contributed by atoms with E-state index in [-0.39, 0.29) is 12.2 Å². The van der Waals surface area contributed by atoms with E-state index in [0.29, 0.717) is 18.4 Å². The maximum absolute atomic E-state index is 12.1. The van der Waals surface area contributed by atoms with Gasteiger partial charge in [0.2, 0.25) is 0 Å². The third kappa shape index (κ3) is 3.39. The van der Waals surface area contributed by atoms with Crippen molar-refractivity contribution in [2.75, 3.05) is 0 Å². The Balaban J connectivity index is 2.75. The van der Waals surface area contributed by atoms with Crippen LogP contribution in [0.4, 0.5) is 0 Å². The van der Waals surface area contributed by atoms with E-state index in [1.54, 1.807) is 32.2 Å². The molecule has 0 aliphatic rings. The van der Waals surface area contributed by atoms with E-state index in [1.807, 2.05) is 6.92 Å². The van der Waals surface area contributed by atoms with Crippen molar-refractivity contribution in [3.05, 3.63) is 29.6 Å². The second-order valence-corrected chi connectivity index (χ2v) is 4.96. The van der Waals surface area contributed by atoms with Crippen LogP contribution in [0.15, 0.2) is 18.3 Å². The molecule has 1 aromatic heterocycles. The molecule has 0 saturated carbocycles. The Labute approximate surface area is 107 Å². The summed E-state index contributed by atoms with van der Waals surface area (Å²) in [6, 6.07) is 3.48. The van der Waals surface area contributed by atoms with Gasteiger partial charge in [0.15, 0.2) is 5.78 Å².